The number of fused-ring (bicyclic) bond motifs is 3. The Hall–Kier alpha value is -1.25. The molecule has 0 bridgehead atoms. The van der Waals surface area contributed by atoms with Gasteiger partial charge in [0, 0.05) is 31.1 Å². The minimum absolute atomic E-state index is 0.522. The van der Waals surface area contributed by atoms with E-state index in [4.69, 9.17) is 0 Å². The molecule has 4 rings (SSSR count). The number of anilines is 1. The number of thiophene rings is 1. The number of rotatable bonds is 2. The molecule has 6 nitrogen and oxygen atoms in total. The van der Waals surface area contributed by atoms with E-state index < -0.39 is 10.0 Å². The monoisotopic (exact) mass is 380 g/mol. The number of nitrogens with zero attached hydrogens (tertiary/aromatic N) is 4. The number of sulfonamides is 1. The van der Waals surface area contributed by atoms with Crippen molar-refractivity contribution in [3.8, 4) is 0 Å². The first-order valence-corrected chi connectivity index (χ1v) is 11.6. The van der Waals surface area contributed by atoms with Gasteiger partial charge >= 0.3 is 0 Å². The van der Waals surface area contributed by atoms with Gasteiger partial charge in [0.25, 0.3) is 0 Å². The van der Waals surface area contributed by atoms with Crippen LogP contribution in [0.1, 0.15) is 30.2 Å². The topological polar surface area (TPSA) is 66.4 Å². The lowest BCUT2D eigenvalue weighted by molar-refractivity contribution is 0.437. The van der Waals surface area contributed by atoms with E-state index in [0.717, 1.165) is 42.4 Å². The van der Waals surface area contributed by atoms with Crippen molar-refractivity contribution < 1.29 is 8.42 Å². The maximum Gasteiger partial charge on any atom is 0.211 e. The van der Waals surface area contributed by atoms with Gasteiger partial charge in [0.05, 0.1) is 11.6 Å². The fourth-order valence-corrected chi connectivity index (χ4v) is 6.15. The van der Waals surface area contributed by atoms with Crippen molar-refractivity contribution in [2.75, 3.05) is 37.3 Å². The van der Waals surface area contributed by atoms with Gasteiger partial charge in [0.2, 0.25) is 10.0 Å². The second-order valence-corrected chi connectivity index (χ2v) is 10.3. The first kappa shape index (κ1) is 17.2. The molecule has 1 atom stereocenters. The summed E-state index contributed by atoms with van der Waals surface area (Å²) >= 11 is 1.81. The van der Waals surface area contributed by atoms with E-state index in [-0.39, 0.29) is 0 Å². The highest BCUT2D eigenvalue weighted by Gasteiger charge is 2.27. The molecule has 1 aliphatic heterocycles. The Morgan fingerprint density at radius 2 is 2.04 bits per heavy atom. The largest absolute Gasteiger partial charge is 0.355 e. The lowest BCUT2D eigenvalue weighted by Crippen LogP contribution is -2.34. The second-order valence-electron chi connectivity index (χ2n) is 7.23. The van der Waals surface area contributed by atoms with Crippen molar-refractivity contribution >= 4 is 37.4 Å². The molecule has 1 unspecified atom stereocenters. The molecule has 1 fully saturated rings. The Balaban J connectivity index is 1.70. The maximum atomic E-state index is 11.9. The van der Waals surface area contributed by atoms with Gasteiger partial charge < -0.3 is 4.90 Å². The van der Waals surface area contributed by atoms with Gasteiger partial charge in [0.15, 0.2) is 0 Å². The molecule has 0 N–H and O–H groups in total. The lowest BCUT2D eigenvalue weighted by Gasteiger charge is -2.24. The van der Waals surface area contributed by atoms with Crippen LogP contribution >= 0.6 is 11.3 Å². The number of hydrogen-bond acceptors (Lipinski definition) is 6. The van der Waals surface area contributed by atoms with Crippen LogP contribution in [-0.2, 0) is 22.9 Å². The summed E-state index contributed by atoms with van der Waals surface area (Å²) in [6.45, 7) is 4.93. The third-order valence-corrected chi connectivity index (χ3v) is 7.76. The van der Waals surface area contributed by atoms with E-state index in [9.17, 15) is 8.42 Å². The zero-order valence-corrected chi connectivity index (χ0v) is 16.4. The van der Waals surface area contributed by atoms with E-state index in [1.165, 1.54) is 28.5 Å². The molecule has 0 spiro atoms. The molecule has 2 aromatic heterocycles. The maximum absolute atomic E-state index is 11.9. The minimum Gasteiger partial charge on any atom is -0.355 e. The van der Waals surface area contributed by atoms with E-state index in [2.05, 4.69) is 21.8 Å². The number of hydrogen-bond donors (Lipinski definition) is 0. The zero-order valence-electron chi connectivity index (χ0n) is 14.7. The molecule has 2 aliphatic rings. The van der Waals surface area contributed by atoms with E-state index in [0.29, 0.717) is 19.6 Å². The fraction of sp³-hybridized carbons (Fsp3) is 0.647. The van der Waals surface area contributed by atoms with Gasteiger partial charge in [0.1, 0.15) is 17.0 Å². The van der Waals surface area contributed by atoms with Crippen LogP contribution in [0.4, 0.5) is 5.82 Å². The summed E-state index contributed by atoms with van der Waals surface area (Å²) in [7, 11) is -3.13. The number of aromatic nitrogens is 2. The Kier molecular flexibility index (Phi) is 4.45. The molecular formula is C17H24N4O2S2. The SMILES string of the molecule is CC1CCc2c(sc3ncnc(N4CCCN(S(C)(=O)=O)CC4)c23)C1. The average molecular weight is 381 g/mol. The van der Waals surface area contributed by atoms with E-state index >= 15 is 0 Å². The molecule has 0 aromatic carbocycles. The molecule has 2 aromatic rings. The van der Waals surface area contributed by atoms with Crippen LogP contribution in [0.15, 0.2) is 6.33 Å². The molecule has 0 amide bonds. The zero-order chi connectivity index (χ0) is 17.6. The second kappa shape index (κ2) is 6.48. The summed E-state index contributed by atoms with van der Waals surface area (Å²) in [5, 5.41) is 1.21. The van der Waals surface area contributed by atoms with Crippen molar-refractivity contribution in [3.05, 3.63) is 16.8 Å². The first-order valence-electron chi connectivity index (χ1n) is 8.89. The molecule has 136 valence electrons. The van der Waals surface area contributed by atoms with Gasteiger partial charge in [-0.15, -0.1) is 11.3 Å². The number of aryl methyl sites for hydroxylation is 1. The van der Waals surface area contributed by atoms with Crippen molar-refractivity contribution in [1.82, 2.24) is 14.3 Å². The predicted molar refractivity (Wildman–Crippen MR) is 102 cm³/mol. The van der Waals surface area contributed by atoms with E-state index in [1.807, 2.05) is 11.3 Å². The Bertz CT molecular complexity index is 893. The predicted octanol–water partition coefficient (Wildman–Crippen LogP) is 2.29. The van der Waals surface area contributed by atoms with Gasteiger partial charge in [-0.05, 0) is 37.2 Å². The Morgan fingerprint density at radius 3 is 2.84 bits per heavy atom. The van der Waals surface area contributed by atoms with Gasteiger partial charge in [-0.25, -0.2) is 22.7 Å². The summed E-state index contributed by atoms with van der Waals surface area (Å²) in [5.74, 6) is 1.73. The highest BCUT2D eigenvalue weighted by Crippen LogP contribution is 2.40. The van der Waals surface area contributed by atoms with Crippen LogP contribution in [0, 0.1) is 5.92 Å². The first-order chi connectivity index (χ1) is 11.9. The third kappa shape index (κ3) is 3.27. The highest BCUT2D eigenvalue weighted by atomic mass is 32.2. The normalized spacial score (nSPS) is 22.8. The Morgan fingerprint density at radius 1 is 1.20 bits per heavy atom. The Labute approximate surface area is 152 Å². The molecule has 1 aliphatic carbocycles. The van der Waals surface area contributed by atoms with E-state index in [1.54, 1.807) is 10.6 Å². The van der Waals surface area contributed by atoms with Gasteiger partial charge in [-0.3, -0.25) is 0 Å². The van der Waals surface area contributed by atoms with Crippen LogP contribution in [0.2, 0.25) is 0 Å². The lowest BCUT2D eigenvalue weighted by atomic mass is 9.89. The summed E-state index contributed by atoms with van der Waals surface area (Å²) in [6.07, 6.45) is 7.22. The standard InChI is InChI=1S/C17H24N4O2S2/c1-12-4-5-13-14(10-12)24-17-15(13)16(18-11-19-17)20-6-3-7-21(9-8-20)25(2,22)23/h11-12H,3-10H2,1-2H3. The minimum atomic E-state index is -3.13. The van der Waals surface area contributed by atoms with Crippen LogP contribution in [-0.4, -0.2) is 55.1 Å². The van der Waals surface area contributed by atoms with Crippen LogP contribution in [0.3, 0.4) is 0 Å². The van der Waals surface area contributed by atoms with Crippen molar-refractivity contribution in [1.29, 1.82) is 0 Å². The van der Waals surface area contributed by atoms with Gasteiger partial charge in [-0.2, -0.15) is 0 Å². The summed E-state index contributed by atoms with van der Waals surface area (Å²) in [6, 6.07) is 0. The molecule has 25 heavy (non-hydrogen) atoms. The molecule has 8 heteroatoms. The van der Waals surface area contributed by atoms with Crippen molar-refractivity contribution in [2.24, 2.45) is 5.92 Å². The smallest absolute Gasteiger partial charge is 0.211 e. The average Bonchev–Trinajstić information content (AvgIpc) is 2.75. The van der Waals surface area contributed by atoms with Crippen LogP contribution in [0.25, 0.3) is 10.2 Å². The quantitative estimate of drug-likeness (QED) is 0.800. The molecule has 0 radical (unpaired) electrons. The summed E-state index contributed by atoms with van der Waals surface area (Å²) in [5.41, 5.74) is 1.43. The van der Waals surface area contributed by atoms with Crippen LogP contribution < -0.4 is 4.90 Å². The third-order valence-electron chi connectivity index (χ3n) is 5.30. The van der Waals surface area contributed by atoms with Crippen molar-refractivity contribution in [2.45, 2.75) is 32.6 Å². The molecular weight excluding hydrogens is 356 g/mol. The fourth-order valence-electron chi connectivity index (χ4n) is 3.94. The summed E-state index contributed by atoms with van der Waals surface area (Å²) < 4.78 is 25.3. The van der Waals surface area contributed by atoms with Gasteiger partial charge in [-0.1, -0.05) is 6.92 Å². The van der Waals surface area contributed by atoms with Crippen molar-refractivity contribution in [3.63, 3.8) is 0 Å². The highest BCUT2D eigenvalue weighted by molar-refractivity contribution is 7.88. The molecule has 1 saturated heterocycles. The summed E-state index contributed by atoms with van der Waals surface area (Å²) in [4.78, 5) is 13.9. The van der Waals surface area contributed by atoms with Crippen LogP contribution in [0.5, 0.6) is 0 Å². The molecule has 0 saturated carbocycles. The molecule has 3 heterocycles.